The number of sulfonamides is 1. The summed E-state index contributed by atoms with van der Waals surface area (Å²) in [6.45, 7) is 2.11. The van der Waals surface area contributed by atoms with Crippen molar-refractivity contribution < 1.29 is 13.2 Å². The molecule has 1 heterocycles. The number of amidine groups is 1. The molecule has 1 N–H and O–H groups in total. The molecule has 1 aliphatic heterocycles. The van der Waals surface area contributed by atoms with E-state index in [2.05, 4.69) is 9.71 Å². The molecule has 130 valence electrons. The van der Waals surface area contributed by atoms with Gasteiger partial charge in [-0.25, -0.2) is 8.42 Å². The van der Waals surface area contributed by atoms with Gasteiger partial charge in [-0.05, 0) is 54.4 Å². The number of hydrogen-bond acceptors (Lipinski definition) is 4. The SMILES string of the molecule is COc1ccc(C2=C(C)C(=NCc3ccc(Cl)cc3)NS2(=O)=O)cc1. The standard InChI is InChI=1S/C18H17ClN2O3S/c1-12-17(14-5-9-16(24-2)10-6-14)25(22,23)21-18(12)20-11-13-3-7-15(19)8-4-13/h3-10H,11H2,1-2H3,(H,20,21). The van der Waals surface area contributed by atoms with Gasteiger partial charge in [-0.3, -0.25) is 9.71 Å². The van der Waals surface area contributed by atoms with Gasteiger partial charge >= 0.3 is 0 Å². The summed E-state index contributed by atoms with van der Waals surface area (Å²) in [6.07, 6.45) is 0. The molecule has 0 atom stereocenters. The summed E-state index contributed by atoms with van der Waals surface area (Å²) < 4.78 is 32.6. The summed E-state index contributed by atoms with van der Waals surface area (Å²) in [4.78, 5) is 4.65. The van der Waals surface area contributed by atoms with Crippen molar-refractivity contribution in [2.75, 3.05) is 7.11 Å². The number of hydrogen-bond donors (Lipinski definition) is 1. The fourth-order valence-electron chi connectivity index (χ4n) is 2.59. The third kappa shape index (κ3) is 3.70. The average Bonchev–Trinajstić information content (AvgIpc) is 2.83. The molecular formula is C18H17ClN2O3S. The summed E-state index contributed by atoms with van der Waals surface area (Å²) in [5, 5.41) is 0.649. The largest absolute Gasteiger partial charge is 0.497 e. The summed E-state index contributed by atoms with van der Waals surface area (Å²) in [5.41, 5.74) is 2.14. The van der Waals surface area contributed by atoms with Crippen LogP contribution in [-0.2, 0) is 16.6 Å². The number of halogens is 1. The lowest BCUT2D eigenvalue weighted by atomic mass is 10.1. The Morgan fingerprint density at radius 1 is 1.08 bits per heavy atom. The second-order valence-corrected chi connectivity index (χ2v) is 7.64. The van der Waals surface area contributed by atoms with Crippen molar-refractivity contribution in [2.24, 2.45) is 4.99 Å². The van der Waals surface area contributed by atoms with Gasteiger partial charge in [0.05, 0.1) is 13.7 Å². The van der Waals surface area contributed by atoms with Crippen LogP contribution >= 0.6 is 11.6 Å². The Morgan fingerprint density at radius 3 is 2.32 bits per heavy atom. The van der Waals surface area contributed by atoms with Crippen molar-refractivity contribution >= 4 is 32.4 Å². The van der Waals surface area contributed by atoms with Crippen LogP contribution < -0.4 is 9.46 Å². The minimum Gasteiger partial charge on any atom is -0.497 e. The molecule has 7 heteroatoms. The first-order valence-corrected chi connectivity index (χ1v) is 9.44. The normalized spacial score (nSPS) is 17.6. The van der Waals surface area contributed by atoms with Crippen molar-refractivity contribution in [2.45, 2.75) is 13.5 Å². The first kappa shape index (κ1) is 17.5. The van der Waals surface area contributed by atoms with Gasteiger partial charge in [0.15, 0.2) is 0 Å². The first-order valence-electron chi connectivity index (χ1n) is 7.58. The first-order chi connectivity index (χ1) is 11.9. The number of ether oxygens (including phenoxy) is 1. The quantitative estimate of drug-likeness (QED) is 0.886. The number of rotatable bonds is 4. The van der Waals surface area contributed by atoms with Crippen molar-refractivity contribution in [3.05, 3.63) is 70.3 Å². The molecule has 0 fully saturated rings. The van der Waals surface area contributed by atoms with Gasteiger partial charge in [0.25, 0.3) is 10.0 Å². The average molecular weight is 377 g/mol. The van der Waals surface area contributed by atoms with Gasteiger partial charge in [-0.15, -0.1) is 0 Å². The summed E-state index contributed by atoms with van der Waals surface area (Å²) >= 11 is 5.86. The van der Waals surface area contributed by atoms with Gasteiger partial charge in [0, 0.05) is 10.6 Å². The summed E-state index contributed by atoms with van der Waals surface area (Å²) in [6, 6.07) is 14.2. The van der Waals surface area contributed by atoms with Crippen LogP contribution in [0.2, 0.25) is 5.02 Å². The zero-order valence-corrected chi connectivity index (χ0v) is 15.4. The third-order valence-corrected chi connectivity index (χ3v) is 5.67. The van der Waals surface area contributed by atoms with Crippen molar-refractivity contribution in [3.8, 4) is 5.75 Å². The molecule has 0 amide bonds. The minimum absolute atomic E-state index is 0.241. The van der Waals surface area contributed by atoms with Gasteiger partial charge in [0.2, 0.25) is 0 Å². The van der Waals surface area contributed by atoms with E-state index in [9.17, 15) is 8.42 Å². The molecule has 25 heavy (non-hydrogen) atoms. The highest BCUT2D eigenvalue weighted by Gasteiger charge is 2.32. The second-order valence-electron chi connectivity index (χ2n) is 5.58. The Bertz CT molecular complexity index is 947. The molecule has 0 aromatic heterocycles. The fraction of sp³-hybridized carbons (Fsp3) is 0.167. The van der Waals surface area contributed by atoms with E-state index in [1.807, 2.05) is 12.1 Å². The van der Waals surface area contributed by atoms with Crippen LogP contribution in [0.25, 0.3) is 4.91 Å². The fourth-order valence-corrected chi connectivity index (χ4v) is 4.24. The zero-order valence-electron chi connectivity index (χ0n) is 13.8. The molecule has 0 saturated heterocycles. The number of aliphatic imine (C=N–C) groups is 1. The Morgan fingerprint density at radius 2 is 1.72 bits per heavy atom. The molecule has 0 unspecified atom stereocenters. The van der Waals surface area contributed by atoms with E-state index in [0.29, 0.717) is 34.3 Å². The van der Waals surface area contributed by atoms with Crippen LogP contribution in [0.1, 0.15) is 18.1 Å². The van der Waals surface area contributed by atoms with E-state index < -0.39 is 10.0 Å². The minimum atomic E-state index is -3.63. The molecule has 0 saturated carbocycles. The Hall–Kier alpha value is -2.31. The smallest absolute Gasteiger partial charge is 0.264 e. The molecule has 1 aliphatic rings. The Labute approximate surface area is 152 Å². The maximum absolute atomic E-state index is 12.5. The number of benzene rings is 2. The molecule has 2 aromatic rings. The Kier molecular flexibility index (Phi) is 4.83. The van der Waals surface area contributed by atoms with Crippen LogP contribution in [0, 0.1) is 0 Å². The van der Waals surface area contributed by atoms with Gasteiger partial charge in [-0.1, -0.05) is 23.7 Å². The molecule has 0 spiro atoms. The van der Waals surface area contributed by atoms with Crippen molar-refractivity contribution in [1.29, 1.82) is 0 Å². The summed E-state index contributed by atoms with van der Waals surface area (Å²) in [7, 11) is -2.07. The van der Waals surface area contributed by atoms with Gasteiger partial charge in [-0.2, -0.15) is 0 Å². The van der Waals surface area contributed by atoms with E-state index in [4.69, 9.17) is 16.3 Å². The van der Waals surface area contributed by atoms with Crippen molar-refractivity contribution in [1.82, 2.24) is 4.72 Å². The van der Waals surface area contributed by atoms with Crippen LogP contribution in [0.4, 0.5) is 0 Å². The number of nitrogens with one attached hydrogen (secondary N) is 1. The number of methoxy groups -OCH3 is 1. The monoisotopic (exact) mass is 376 g/mol. The molecule has 2 aromatic carbocycles. The second kappa shape index (κ2) is 6.90. The van der Waals surface area contributed by atoms with E-state index >= 15 is 0 Å². The predicted octanol–water partition coefficient (Wildman–Crippen LogP) is 3.61. The van der Waals surface area contributed by atoms with Crippen LogP contribution in [0.5, 0.6) is 5.75 Å². The lowest BCUT2D eigenvalue weighted by molar-refractivity contribution is 0.415. The van der Waals surface area contributed by atoms with E-state index in [0.717, 1.165) is 5.56 Å². The van der Waals surface area contributed by atoms with E-state index in [1.165, 1.54) is 0 Å². The van der Waals surface area contributed by atoms with Crippen LogP contribution in [-0.4, -0.2) is 21.4 Å². The molecule has 0 radical (unpaired) electrons. The maximum Gasteiger partial charge on any atom is 0.264 e. The molecule has 0 aliphatic carbocycles. The van der Waals surface area contributed by atoms with Gasteiger partial charge in [0.1, 0.15) is 16.5 Å². The third-order valence-electron chi connectivity index (χ3n) is 3.88. The molecule has 3 rings (SSSR count). The zero-order chi connectivity index (χ0) is 18.0. The molecule has 5 nitrogen and oxygen atoms in total. The topological polar surface area (TPSA) is 67.8 Å². The maximum atomic E-state index is 12.5. The molecule has 0 bridgehead atoms. The van der Waals surface area contributed by atoms with Crippen LogP contribution in [0.15, 0.2) is 59.1 Å². The summed E-state index contributed by atoms with van der Waals surface area (Å²) in [5.74, 6) is 1.03. The van der Waals surface area contributed by atoms with Gasteiger partial charge < -0.3 is 4.74 Å². The predicted molar refractivity (Wildman–Crippen MR) is 100 cm³/mol. The van der Waals surface area contributed by atoms with E-state index in [-0.39, 0.29) is 4.91 Å². The highest BCUT2D eigenvalue weighted by atomic mass is 35.5. The highest BCUT2D eigenvalue weighted by molar-refractivity contribution is 8.00. The molecular weight excluding hydrogens is 360 g/mol. The lowest BCUT2D eigenvalue weighted by Gasteiger charge is -2.04. The van der Waals surface area contributed by atoms with Crippen LogP contribution in [0.3, 0.4) is 0 Å². The lowest BCUT2D eigenvalue weighted by Crippen LogP contribution is -2.23. The van der Waals surface area contributed by atoms with Crippen molar-refractivity contribution in [3.63, 3.8) is 0 Å². The Balaban J connectivity index is 1.93. The highest BCUT2D eigenvalue weighted by Crippen LogP contribution is 2.31. The van der Waals surface area contributed by atoms with E-state index in [1.54, 1.807) is 50.4 Å². The number of nitrogens with zero attached hydrogens (tertiary/aromatic N) is 1.